The molecule has 33 heavy (non-hydrogen) atoms. The van der Waals surface area contributed by atoms with Crippen LogP contribution in [0.1, 0.15) is 39.2 Å². The number of fused-ring (bicyclic) bond motifs is 1. The van der Waals surface area contributed by atoms with Gasteiger partial charge in [-0.1, -0.05) is 6.07 Å². The second kappa shape index (κ2) is 9.81. The average Bonchev–Trinajstić information content (AvgIpc) is 3.12. The maximum atomic E-state index is 12.4. The monoisotopic (exact) mass is 454 g/mol. The second-order valence-electron chi connectivity index (χ2n) is 8.79. The standard InChI is InChI=1S/C24H30N4O5/c1-15-8-11-19-18(13-15)27-22(33-19)26-17-10-9-16(14-20(17)32-5)25-21(29)7-6-12-28(23(30)31)24(2,3)4/h8-11,13-14H,6-7,12H2,1-5H3,(H,25,29)(H,26,27)(H,30,31). The third kappa shape index (κ3) is 6.15. The number of nitrogens with zero attached hydrogens (tertiary/aromatic N) is 2. The van der Waals surface area contributed by atoms with Crippen LogP contribution in [0.15, 0.2) is 40.8 Å². The van der Waals surface area contributed by atoms with E-state index >= 15 is 0 Å². The van der Waals surface area contributed by atoms with Gasteiger partial charge in [-0.25, -0.2) is 4.79 Å². The zero-order valence-corrected chi connectivity index (χ0v) is 19.6. The normalized spacial score (nSPS) is 11.3. The lowest BCUT2D eigenvalue weighted by atomic mass is 10.1. The van der Waals surface area contributed by atoms with Gasteiger partial charge in [-0.3, -0.25) is 4.79 Å². The molecule has 3 rings (SSSR count). The minimum Gasteiger partial charge on any atom is -0.494 e. The van der Waals surface area contributed by atoms with Crippen molar-refractivity contribution >= 4 is 40.5 Å². The lowest BCUT2D eigenvalue weighted by Gasteiger charge is -2.33. The van der Waals surface area contributed by atoms with Crippen LogP contribution in [-0.4, -0.2) is 46.2 Å². The van der Waals surface area contributed by atoms with E-state index in [0.717, 1.165) is 11.1 Å². The summed E-state index contributed by atoms with van der Waals surface area (Å²) in [6, 6.07) is 11.3. The minimum atomic E-state index is -0.996. The smallest absolute Gasteiger partial charge is 0.407 e. The van der Waals surface area contributed by atoms with Crippen LogP contribution in [0.5, 0.6) is 5.75 Å². The molecule has 0 spiro atoms. The number of ether oxygens (including phenoxy) is 1. The fraction of sp³-hybridized carbons (Fsp3) is 0.375. The van der Waals surface area contributed by atoms with Crippen LogP contribution in [-0.2, 0) is 4.79 Å². The fourth-order valence-electron chi connectivity index (χ4n) is 3.42. The second-order valence-corrected chi connectivity index (χ2v) is 8.79. The van der Waals surface area contributed by atoms with E-state index < -0.39 is 11.6 Å². The summed E-state index contributed by atoms with van der Waals surface area (Å²) >= 11 is 0. The van der Waals surface area contributed by atoms with Crippen LogP contribution in [0, 0.1) is 6.92 Å². The van der Waals surface area contributed by atoms with E-state index in [2.05, 4.69) is 15.6 Å². The van der Waals surface area contributed by atoms with Gasteiger partial charge in [-0.15, -0.1) is 0 Å². The van der Waals surface area contributed by atoms with Gasteiger partial charge >= 0.3 is 6.09 Å². The molecule has 1 aromatic heterocycles. The van der Waals surface area contributed by atoms with Crippen molar-refractivity contribution in [2.75, 3.05) is 24.3 Å². The summed E-state index contributed by atoms with van der Waals surface area (Å²) in [6.45, 7) is 7.74. The molecule has 0 radical (unpaired) electrons. The van der Waals surface area contributed by atoms with Gasteiger partial charge in [-0.2, -0.15) is 4.98 Å². The summed E-state index contributed by atoms with van der Waals surface area (Å²) in [4.78, 5) is 29.5. The molecule has 2 aromatic carbocycles. The molecule has 0 aliphatic carbocycles. The first-order valence-corrected chi connectivity index (χ1v) is 10.7. The van der Waals surface area contributed by atoms with Crippen LogP contribution in [0.2, 0.25) is 0 Å². The van der Waals surface area contributed by atoms with E-state index in [9.17, 15) is 14.7 Å². The number of hydrogen-bond acceptors (Lipinski definition) is 6. The Balaban J connectivity index is 1.61. The number of aryl methyl sites for hydroxylation is 1. The van der Waals surface area contributed by atoms with Gasteiger partial charge in [0, 0.05) is 30.3 Å². The highest BCUT2D eigenvalue weighted by Crippen LogP contribution is 2.31. The summed E-state index contributed by atoms with van der Waals surface area (Å²) < 4.78 is 11.2. The number of carbonyl (C=O) groups is 2. The van der Waals surface area contributed by atoms with Crippen LogP contribution in [0.25, 0.3) is 11.1 Å². The zero-order chi connectivity index (χ0) is 24.2. The molecular weight excluding hydrogens is 424 g/mol. The lowest BCUT2D eigenvalue weighted by molar-refractivity contribution is -0.116. The summed E-state index contributed by atoms with van der Waals surface area (Å²) in [6.07, 6.45) is -0.377. The molecule has 0 saturated carbocycles. The molecule has 0 saturated heterocycles. The summed E-state index contributed by atoms with van der Waals surface area (Å²) in [5.74, 6) is 0.308. The molecule has 9 nitrogen and oxygen atoms in total. The Morgan fingerprint density at radius 3 is 2.61 bits per heavy atom. The number of carbonyl (C=O) groups excluding carboxylic acids is 1. The molecule has 2 amide bonds. The number of rotatable bonds is 8. The molecule has 3 aromatic rings. The van der Waals surface area contributed by atoms with E-state index in [0.29, 0.717) is 35.1 Å². The van der Waals surface area contributed by atoms with E-state index in [1.54, 1.807) is 18.2 Å². The first-order valence-electron chi connectivity index (χ1n) is 10.7. The molecule has 3 N–H and O–H groups in total. The highest BCUT2D eigenvalue weighted by atomic mass is 16.5. The van der Waals surface area contributed by atoms with Gasteiger partial charge in [-0.05, 0) is 63.9 Å². The average molecular weight is 455 g/mol. The van der Waals surface area contributed by atoms with Crippen LogP contribution < -0.4 is 15.4 Å². The maximum Gasteiger partial charge on any atom is 0.407 e. The zero-order valence-electron chi connectivity index (χ0n) is 19.6. The van der Waals surface area contributed by atoms with Crippen molar-refractivity contribution < 1.29 is 23.8 Å². The lowest BCUT2D eigenvalue weighted by Crippen LogP contribution is -2.45. The van der Waals surface area contributed by atoms with E-state index in [1.807, 2.05) is 45.9 Å². The van der Waals surface area contributed by atoms with Gasteiger partial charge < -0.3 is 29.8 Å². The summed E-state index contributed by atoms with van der Waals surface area (Å²) in [7, 11) is 1.54. The third-order valence-electron chi connectivity index (χ3n) is 5.10. The van der Waals surface area contributed by atoms with E-state index in [1.165, 1.54) is 12.0 Å². The van der Waals surface area contributed by atoms with Crippen LogP contribution >= 0.6 is 0 Å². The third-order valence-corrected chi connectivity index (χ3v) is 5.10. The fourth-order valence-corrected chi connectivity index (χ4v) is 3.42. The first-order chi connectivity index (χ1) is 15.6. The molecule has 0 bridgehead atoms. The molecule has 9 heteroatoms. The number of nitrogens with one attached hydrogen (secondary N) is 2. The van der Waals surface area contributed by atoms with Gasteiger partial charge in [0.15, 0.2) is 5.58 Å². The van der Waals surface area contributed by atoms with E-state index in [-0.39, 0.29) is 18.9 Å². The Morgan fingerprint density at radius 2 is 1.94 bits per heavy atom. The van der Waals surface area contributed by atoms with Crippen molar-refractivity contribution in [2.45, 2.75) is 46.1 Å². The van der Waals surface area contributed by atoms with Gasteiger partial charge in [0.2, 0.25) is 5.91 Å². The molecule has 0 aliphatic rings. The molecular formula is C24H30N4O5. The number of aromatic nitrogens is 1. The maximum absolute atomic E-state index is 12.4. The highest BCUT2D eigenvalue weighted by Gasteiger charge is 2.25. The molecule has 0 fully saturated rings. The molecule has 1 heterocycles. The molecule has 176 valence electrons. The quantitative estimate of drug-likeness (QED) is 0.418. The Kier molecular flexibility index (Phi) is 7.10. The number of oxazole rings is 1. The number of carboxylic acid groups (broad SMARTS) is 1. The number of hydrogen-bond donors (Lipinski definition) is 3. The largest absolute Gasteiger partial charge is 0.494 e. The van der Waals surface area contributed by atoms with Gasteiger partial charge in [0.25, 0.3) is 6.01 Å². The van der Waals surface area contributed by atoms with Crippen LogP contribution in [0.4, 0.5) is 22.2 Å². The Morgan fingerprint density at radius 1 is 1.18 bits per heavy atom. The van der Waals surface area contributed by atoms with Crippen molar-refractivity contribution in [1.82, 2.24) is 9.88 Å². The van der Waals surface area contributed by atoms with Gasteiger partial charge in [0.05, 0.1) is 12.8 Å². The molecule has 0 unspecified atom stereocenters. The van der Waals surface area contributed by atoms with Crippen molar-refractivity contribution in [3.8, 4) is 5.75 Å². The summed E-state index contributed by atoms with van der Waals surface area (Å²) in [5, 5.41) is 15.3. The van der Waals surface area contributed by atoms with Gasteiger partial charge in [0.1, 0.15) is 11.3 Å². The van der Waals surface area contributed by atoms with Crippen molar-refractivity contribution in [1.29, 1.82) is 0 Å². The first kappa shape index (κ1) is 23.9. The highest BCUT2D eigenvalue weighted by molar-refractivity contribution is 5.91. The summed E-state index contributed by atoms with van der Waals surface area (Å²) in [5.41, 5.74) is 3.22. The van der Waals surface area contributed by atoms with Crippen LogP contribution in [0.3, 0.4) is 0 Å². The minimum absolute atomic E-state index is 0.199. The number of benzene rings is 2. The van der Waals surface area contributed by atoms with Crippen molar-refractivity contribution in [3.05, 3.63) is 42.0 Å². The van der Waals surface area contributed by atoms with Crippen molar-refractivity contribution in [3.63, 3.8) is 0 Å². The Bertz CT molecular complexity index is 1150. The number of amides is 2. The Hall–Kier alpha value is -3.75. The predicted octanol–water partition coefficient (Wildman–Crippen LogP) is 5.39. The SMILES string of the molecule is COc1cc(NC(=O)CCCN(C(=O)O)C(C)(C)C)ccc1Nc1nc2cc(C)ccc2o1. The molecule has 0 aliphatic heterocycles. The number of methoxy groups -OCH3 is 1. The Labute approximate surface area is 192 Å². The molecule has 0 atom stereocenters. The number of anilines is 3. The predicted molar refractivity (Wildman–Crippen MR) is 127 cm³/mol. The topological polar surface area (TPSA) is 117 Å². The van der Waals surface area contributed by atoms with Crippen molar-refractivity contribution in [2.24, 2.45) is 0 Å². The van der Waals surface area contributed by atoms with E-state index in [4.69, 9.17) is 9.15 Å².